The highest BCUT2D eigenvalue weighted by Gasteiger charge is 2.14. The SMILES string of the molecule is Cn1c(Cn2c3ccccc3c(=O)c3ccccc32)nnc1SCc1ccc(Cl)cc1. The van der Waals surface area contributed by atoms with Gasteiger partial charge in [0, 0.05) is 28.6 Å². The molecule has 0 radical (unpaired) electrons. The van der Waals surface area contributed by atoms with Gasteiger partial charge in [-0.3, -0.25) is 4.79 Å². The highest BCUT2D eigenvalue weighted by atomic mass is 35.5. The molecule has 0 N–H and O–H groups in total. The van der Waals surface area contributed by atoms with E-state index < -0.39 is 0 Å². The summed E-state index contributed by atoms with van der Waals surface area (Å²) in [5.74, 6) is 1.62. The molecule has 2 aromatic heterocycles. The summed E-state index contributed by atoms with van der Waals surface area (Å²) < 4.78 is 4.16. The van der Waals surface area contributed by atoms with Crippen molar-refractivity contribution in [3.63, 3.8) is 0 Å². The standard InChI is InChI=1S/C24H19ClN4OS/c1-28-22(26-27-24(28)31-15-16-10-12-17(25)13-11-16)14-29-20-8-4-2-6-18(20)23(30)19-7-3-5-9-21(19)29/h2-13H,14-15H2,1H3. The van der Waals surface area contributed by atoms with Gasteiger partial charge in [0.1, 0.15) is 0 Å². The van der Waals surface area contributed by atoms with Crippen LogP contribution in [0.4, 0.5) is 0 Å². The van der Waals surface area contributed by atoms with Gasteiger partial charge in [-0.1, -0.05) is 59.8 Å². The molecule has 3 aromatic carbocycles. The Kier molecular flexibility index (Phi) is 5.26. The van der Waals surface area contributed by atoms with Crippen LogP contribution in [0.2, 0.25) is 5.02 Å². The number of fused-ring (bicyclic) bond motifs is 2. The quantitative estimate of drug-likeness (QED) is 0.272. The van der Waals surface area contributed by atoms with Crippen LogP contribution in [0.1, 0.15) is 11.4 Å². The summed E-state index contributed by atoms with van der Waals surface area (Å²) in [5.41, 5.74) is 3.02. The molecule has 154 valence electrons. The van der Waals surface area contributed by atoms with E-state index in [0.29, 0.717) is 17.3 Å². The van der Waals surface area contributed by atoms with Crippen LogP contribution < -0.4 is 5.43 Å². The van der Waals surface area contributed by atoms with Crippen molar-refractivity contribution >= 4 is 45.2 Å². The van der Waals surface area contributed by atoms with Gasteiger partial charge in [0.05, 0.1) is 17.6 Å². The van der Waals surface area contributed by atoms with Crippen LogP contribution in [-0.4, -0.2) is 19.3 Å². The molecular weight excluding hydrogens is 428 g/mol. The molecule has 0 fully saturated rings. The molecule has 31 heavy (non-hydrogen) atoms. The highest BCUT2D eigenvalue weighted by Crippen LogP contribution is 2.24. The van der Waals surface area contributed by atoms with E-state index in [-0.39, 0.29) is 5.43 Å². The molecule has 0 atom stereocenters. The van der Waals surface area contributed by atoms with Gasteiger partial charge < -0.3 is 9.13 Å². The summed E-state index contributed by atoms with van der Waals surface area (Å²) in [4.78, 5) is 12.9. The van der Waals surface area contributed by atoms with E-state index in [1.54, 1.807) is 11.8 Å². The summed E-state index contributed by atoms with van der Waals surface area (Å²) in [6.45, 7) is 0.520. The van der Waals surface area contributed by atoms with Crippen LogP contribution in [0.25, 0.3) is 21.8 Å². The maximum Gasteiger partial charge on any atom is 0.197 e. The van der Waals surface area contributed by atoms with Gasteiger partial charge in [0.25, 0.3) is 0 Å². The van der Waals surface area contributed by atoms with Gasteiger partial charge in [0.15, 0.2) is 16.4 Å². The number of rotatable bonds is 5. The smallest absolute Gasteiger partial charge is 0.197 e. The lowest BCUT2D eigenvalue weighted by Gasteiger charge is -2.15. The fourth-order valence-electron chi connectivity index (χ4n) is 3.73. The average Bonchev–Trinajstić information content (AvgIpc) is 3.15. The zero-order chi connectivity index (χ0) is 21.4. The molecule has 0 aliphatic heterocycles. The Morgan fingerprint density at radius 3 is 2.13 bits per heavy atom. The molecule has 2 heterocycles. The van der Waals surface area contributed by atoms with Gasteiger partial charge in [-0.15, -0.1) is 10.2 Å². The van der Waals surface area contributed by atoms with Crippen LogP contribution in [0.15, 0.2) is 82.7 Å². The number of para-hydroxylation sites is 2. The molecule has 7 heteroatoms. The largest absolute Gasteiger partial charge is 0.333 e. The second kappa shape index (κ2) is 8.21. The lowest BCUT2D eigenvalue weighted by molar-refractivity contribution is 0.696. The average molecular weight is 447 g/mol. The zero-order valence-corrected chi connectivity index (χ0v) is 18.4. The first kappa shape index (κ1) is 19.8. The normalized spacial score (nSPS) is 11.4. The third-order valence-electron chi connectivity index (χ3n) is 5.38. The third-order valence-corrected chi connectivity index (χ3v) is 6.73. The molecule has 0 saturated heterocycles. The highest BCUT2D eigenvalue weighted by molar-refractivity contribution is 7.98. The molecule has 0 aliphatic rings. The maximum absolute atomic E-state index is 12.9. The molecule has 5 rings (SSSR count). The summed E-state index contributed by atoms with van der Waals surface area (Å²) in [5, 5.41) is 11.8. The van der Waals surface area contributed by atoms with Crippen LogP contribution >= 0.6 is 23.4 Å². The fraction of sp³-hybridized carbons (Fsp3) is 0.125. The van der Waals surface area contributed by atoms with Gasteiger partial charge >= 0.3 is 0 Å². The van der Waals surface area contributed by atoms with Crippen LogP contribution in [0.3, 0.4) is 0 Å². The molecular formula is C24H19ClN4OS. The Morgan fingerprint density at radius 1 is 0.871 bits per heavy atom. The second-order valence-corrected chi connectivity index (χ2v) is 8.70. The number of hydrogen-bond acceptors (Lipinski definition) is 4. The molecule has 0 saturated carbocycles. The van der Waals surface area contributed by atoms with Gasteiger partial charge in [-0.2, -0.15) is 0 Å². The fourth-order valence-corrected chi connectivity index (χ4v) is 4.74. The Balaban J connectivity index is 1.51. The minimum Gasteiger partial charge on any atom is -0.333 e. The summed E-state index contributed by atoms with van der Waals surface area (Å²) in [6, 6.07) is 23.3. The van der Waals surface area contributed by atoms with Gasteiger partial charge in [-0.05, 0) is 42.0 Å². The van der Waals surface area contributed by atoms with Crippen molar-refractivity contribution in [2.75, 3.05) is 0 Å². The Morgan fingerprint density at radius 2 is 1.48 bits per heavy atom. The lowest BCUT2D eigenvalue weighted by atomic mass is 10.1. The number of pyridine rings is 1. The predicted molar refractivity (Wildman–Crippen MR) is 127 cm³/mol. The van der Waals surface area contributed by atoms with E-state index in [2.05, 4.69) is 14.8 Å². The summed E-state index contributed by atoms with van der Waals surface area (Å²) in [6.07, 6.45) is 0. The maximum atomic E-state index is 12.9. The summed E-state index contributed by atoms with van der Waals surface area (Å²) in [7, 11) is 1.98. The molecule has 0 amide bonds. The van der Waals surface area contributed by atoms with Crippen molar-refractivity contribution in [2.45, 2.75) is 17.5 Å². The van der Waals surface area contributed by atoms with Crippen LogP contribution in [0, 0.1) is 0 Å². The third kappa shape index (κ3) is 3.73. The van der Waals surface area contributed by atoms with E-state index in [4.69, 9.17) is 11.6 Å². The van der Waals surface area contributed by atoms with Crippen LogP contribution in [-0.2, 0) is 19.3 Å². The molecule has 0 unspecified atom stereocenters. The first-order valence-electron chi connectivity index (χ1n) is 9.87. The second-order valence-electron chi connectivity index (χ2n) is 7.32. The number of hydrogen-bond donors (Lipinski definition) is 0. The van der Waals surface area contributed by atoms with E-state index in [1.807, 2.05) is 84.4 Å². The van der Waals surface area contributed by atoms with Crippen molar-refractivity contribution in [3.8, 4) is 0 Å². The first-order valence-corrected chi connectivity index (χ1v) is 11.2. The number of halogens is 1. The van der Waals surface area contributed by atoms with Crippen molar-refractivity contribution in [1.82, 2.24) is 19.3 Å². The minimum atomic E-state index is 0.0552. The number of nitrogens with zero attached hydrogens (tertiary/aromatic N) is 4. The zero-order valence-electron chi connectivity index (χ0n) is 16.8. The molecule has 0 aliphatic carbocycles. The molecule has 0 spiro atoms. The number of aromatic nitrogens is 4. The van der Waals surface area contributed by atoms with Crippen LogP contribution in [0.5, 0.6) is 0 Å². The summed E-state index contributed by atoms with van der Waals surface area (Å²) >= 11 is 7.61. The Hall–Kier alpha value is -3.09. The van der Waals surface area contributed by atoms with Crippen molar-refractivity contribution in [3.05, 3.63) is 99.4 Å². The Bertz CT molecular complexity index is 1400. The van der Waals surface area contributed by atoms with Crippen molar-refractivity contribution < 1.29 is 0 Å². The molecule has 0 bridgehead atoms. The van der Waals surface area contributed by atoms with Crippen molar-refractivity contribution in [1.29, 1.82) is 0 Å². The minimum absolute atomic E-state index is 0.0552. The Labute approximate surface area is 188 Å². The molecule has 5 aromatic rings. The lowest BCUT2D eigenvalue weighted by Crippen LogP contribution is -2.14. The first-order chi connectivity index (χ1) is 15.1. The van der Waals surface area contributed by atoms with E-state index in [1.165, 1.54) is 5.56 Å². The monoisotopic (exact) mass is 446 g/mol. The number of thioether (sulfide) groups is 1. The molecule has 5 nitrogen and oxygen atoms in total. The van der Waals surface area contributed by atoms with E-state index >= 15 is 0 Å². The van der Waals surface area contributed by atoms with Gasteiger partial charge in [0.2, 0.25) is 0 Å². The predicted octanol–water partition coefficient (Wildman–Crippen LogP) is 5.28. The topological polar surface area (TPSA) is 52.7 Å². The van der Waals surface area contributed by atoms with E-state index in [9.17, 15) is 4.79 Å². The van der Waals surface area contributed by atoms with Gasteiger partial charge in [-0.25, -0.2) is 0 Å². The van der Waals surface area contributed by atoms with E-state index in [0.717, 1.165) is 32.8 Å². The number of benzene rings is 3. The van der Waals surface area contributed by atoms with Crippen molar-refractivity contribution in [2.24, 2.45) is 7.05 Å².